The number of hydrogen-bond donors (Lipinski definition) is 1. The van der Waals surface area contributed by atoms with Crippen molar-refractivity contribution in [1.82, 2.24) is 4.98 Å². The van der Waals surface area contributed by atoms with Crippen LogP contribution in [0.2, 0.25) is 5.15 Å². The largest absolute Gasteiger partial charge is 0.383 e. The van der Waals surface area contributed by atoms with Gasteiger partial charge in [0.15, 0.2) is 0 Å². The lowest BCUT2D eigenvalue weighted by Crippen LogP contribution is -2.05. The number of nitrogen functional groups attached to an aromatic ring is 1. The van der Waals surface area contributed by atoms with E-state index in [1.54, 1.807) is 0 Å². The van der Waals surface area contributed by atoms with Crippen molar-refractivity contribution in [2.45, 2.75) is 6.43 Å². The molecule has 0 radical (unpaired) electrons. The zero-order valence-electron chi connectivity index (χ0n) is 6.60. The van der Waals surface area contributed by atoms with Gasteiger partial charge in [0.05, 0.1) is 5.56 Å². The Hall–Kier alpha value is -0.940. The molecule has 0 saturated heterocycles. The van der Waals surface area contributed by atoms with Gasteiger partial charge in [-0.1, -0.05) is 11.6 Å². The first-order chi connectivity index (χ1) is 6.43. The van der Waals surface area contributed by atoms with E-state index >= 15 is 0 Å². The third kappa shape index (κ3) is 2.10. The maximum atomic E-state index is 12.4. The lowest BCUT2D eigenvalue weighted by Gasteiger charge is -2.07. The van der Waals surface area contributed by atoms with E-state index < -0.39 is 28.6 Å². The van der Waals surface area contributed by atoms with Crippen LogP contribution in [0, 0.1) is 0 Å². The predicted molar refractivity (Wildman–Crippen MR) is 48.8 cm³/mol. The molecular formula is C7H4Cl2F2N2O. The Kier molecular flexibility index (Phi) is 3.23. The van der Waals surface area contributed by atoms with E-state index in [9.17, 15) is 13.6 Å². The Morgan fingerprint density at radius 1 is 1.57 bits per heavy atom. The van der Waals surface area contributed by atoms with Gasteiger partial charge in [-0.05, 0) is 17.7 Å². The average Bonchev–Trinajstić information content (AvgIpc) is 2.01. The molecule has 76 valence electrons. The van der Waals surface area contributed by atoms with Crippen LogP contribution >= 0.6 is 23.2 Å². The Balaban J connectivity index is 3.44. The molecule has 0 aromatic carbocycles. The molecule has 0 unspecified atom stereocenters. The van der Waals surface area contributed by atoms with Crippen molar-refractivity contribution < 1.29 is 13.6 Å². The Bertz CT molecular complexity index is 384. The molecule has 0 atom stereocenters. The van der Waals surface area contributed by atoms with E-state index in [0.717, 1.165) is 6.07 Å². The van der Waals surface area contributed by atoms with Crippen LogP contribution in [-0.2, 0) is 0 Å². The van der Waals surface area contributed by atoms with Gasteiger partial charge in [0.25, 0.3) is 11.7 Å². The summed E-state index contributed by atoms with van der Waals surface area (Å²) in [6.45, 7) is 0. The molecule has 2 N–H and O–H groups in total. The number of aromatic nitrogens is 1. The highest BCUT2D eigenvalue weighted by atomic mass is 35.5. The number of pyridine rings is 1. The van der Waals surface area contributed by atoms with Crippen molar-refractivity contribution >= 4 is 34.3 Å². The first-order valence-electron chi connectivity index (χ1n) is 3.37. The average molecular weight is 241 g/mol. The second-order valence-corrected chi connectivity index (χ2v) is 3.10. The monoisotopic (exact) mass is 240 g/mol. The van der Waals surface area contributed by atoms with Crippen LogP contribution in [-0.4, -0.2) is 10.2 Å². The second-order valence-electron chi connectivity index (χ2n) is 2.37. The number of halogens is 4. The van der Waals surface area contributed by atoms with Gasteiger partial charge in [-0.25, -0.2) is 13.8 Å². The molecule has 0 amide bonds. The molecule has 0 bridgehead atoms. The summed E-state index contributed by atoms with van der Waals surface area (Å²) in [6.07, 6.45) is -2.92. The van der Waals surface area contributed by atoms with E-state index in [1.165, 1.54) is 0 Å². The topological polar surface area (TPSA) is 56.0 Å². The molecule has 1 aromatic rings. The molecule has 1 aromatic heterocycles. The fourth-order valence-corrected chi connectivity index (χ4v) is 1.29. The van der Waals surface area contributed by atoms with Crippen LogP contribution < -0.4 is 5.73 Å². The third-order valence-electron chi connectivity index (χ3n) is 1.49. The highest BCUT2D eigenvalue weighted by Gasteiger charge is 2.22. The van der Waals surface area contributed by atoms with Crippen molar-refractivity contribution in [1.29, 1.82) is 0 Å². The fraction of sp³-hybridized carbons (Fsp3) is 0.143. The Morgan fingerprint density at radius 2 is 2.14 bits per heavy atom. The van der Waals surface area contributed by atoms with Gasteiger partial charge in [-0.15, -0.1) is 0 Å². The molecule has 0 aliphatic heterocycles. The van der Waals surface area contributed by atoms with Gasteiger partial charge in [-0.2, -0.15) is 0 Å². The predicted octanol–water partition coefficient (Wildman–Crippen LogP) is 2.63. The number of carbonyl (C=O) groups is 1. The SMILES string of the molecule is Nc1nc(Cl)cc(C(=O)Cl)c1C(F)F. The number of anilines is 1. The molecule has 0 spiro atoms. The molecule has 0 fully saturated rings. The summed E-state index contributed by atoms with van der Waals surface area (Å²) in [5.74, 6) is -0.489. The zero-order valence-corrected chi connectivity index (χ0v) is 8.11. The summed E-state index contributed by atoms with van der Waals surface area (Å²) >= 11 is 10.5. The molecule has 14 heavy (non-hydrogen) atoms. The second kappa shape index (κ2) is 4.06. The van der Waals surface area contributed by atoms with Crippen molar-refractivity contribution in [3.63, 3.8) is 0 Å². The van der Waals surface area contributed by atoms with Crippen molar-refractivity contribution in [2.75, 3.05) is 5.73 Å². The van der Waals surface area contributed by atoms with Gasteiger partial charge < -0.3 is 5.73 Å². The van der Waals surface area contributed by atoms with Crippen molar-refractivity contribution in [3.05, 3.63) is 22.3 Å². The van der Waals surface area contributed by atoms with Gasteiger partial charge in [0, 0.05) is 5.56 Å². The van der Waals surface area contributed by atoms with Gasteiger partial charge >= 0.3 is 0 Å². The number of carbonyl (C=O) groups excluding carboxylic acids is 1. The van der Waals surface area contributed by atoms with E-state index in [4.69, 9.17) is 28.9 Å². The van der Waals surface area contributed by atoms with E-state index in [-0.39, 0.29) is 5.15 Å². The molecule has 0 aliphatic carbocycles. The number of nitrogens with zero attached hydrogens (tertiary/aromatic N) is 1. The van der Waals surface area contributed by atoms with E-state index in [2.05, 4.69) is 4.98 Å². The Morgan fingerprint density at radius 3 is 2.57 bits per heavy atom. The molecule has 7 heteroatoms. The van der Waals surface area contributed by atoms with Gasteiger partial charge in [0.1, 0.15) is 11.0 Å². The van der Waals surface area contributed by atoms with Crippen LogP contribution in [0.25, 0.3) is 0 Å². The van der Waals surface area contributed by atoms with Gasteiger partial charge in [0.2, 0.25) is 0 Å². The normalized spacial score (nSPS) is 10.6. The quantitative estimate of drug-likeness (QED) is 0.639. The number of rotatable bonds is 2. The molecular weight excluding hydrogens is 237 g/mol. The standard InChI is InChI=1S/C7H4Cl2F2N2O/c8-3-1-2(5(9)14)4(6(10)11)7(12)13-3/h1,6H,(H2,12,13). The van der Waals surface area contributed by atoms with Crippen molar-refractivity contribution in [3.8, 4) is 0 Å². The van der Waals surface area contributed by atoms with Crippen LogP contribution in [0.1, 0.15) is 22.3 Å². The summed E-state index contributed by atoms with van der Waals surface area (Å²) in [6, 6.07) is 0.953. The summed E-state index contributed by atoms with van der Waals surface area (Å²) in [4.78, 5) is 14.2. The Labute approximate surface area is 87.8 Å². The third-order valence-corrected chi connectivity index (χ3v) is 1.88. The lowest BCUT2D eigenvalue weighted by molar-refractivity contribution is 0.106. The highest BCUT2D eigenvalue weighted by molar-refractivity contribution is 6.68. The summed E-state index contributed by atoms with van der Waals surface area (Å²) in [5.41, 5.74) is 4.07. The zero-order chi connectivity index (χ0) is 10.9. The smallest absolute Gasteiger partial charge is 0.268 e. The molecule has 1 rings (SSSR count). The minimum absolute atomic E-state index is 0.157. The lowest BCUT2D eigenvalue weighted by atomic mass is 10.1. The van der Waals surface area contributed by atoms with Crippen molar-refractivity contribution in [2.24, 2.45) is 0 Å². The summed E-state index contributed by atoms with van der Waals surface area (Å²) in [7, 11) is 0. The first-order valence-corrected chi connectivity index (χ1v) is 4.13. The minimum Gasteiger partial charge on any atom is -0.383 e. The number of alkyl halides is 2. The number of nitrogens with two attached hydrogens (primary N) is 1. The summed E-state index contributed by atoms with van der Waals surface area (Å²) < 4.78 is 24.8. The maximum absolute atomic E-state index is 12.4. The number of hydrogen-bond acceptors (Lipinski definition) is 3. The minimum atomic E-state index is -2.92. The molecule has 0 aliphatic rings. The maximum Gasteiger partial charge on any atom is 0.268 e. The molecule has 1 heterocycles. The molecule has 0 saturated carbocycles. The van der Waals surface area contributed by atoms with Crippen LogP contribution in [0.5, 0.6) is 0 Å². The van der Waals surface area contributed by atoms with Gasteiger partial charge in [-0.3, -0.25) is 4.79 Å². The van der Waals surface area contributed by atoms with E-state index in [0.29, 0.717) is 0 Å². The fourth-order valence-electron chi connectivity index (χ4n) is 0.934. The van der Waals surface area contributed by atoms with E-state index in [1.807, 2.05) is 0 Å². The molecule has 3 nitrogen and oxygen atoms in total. The summed E-state index contributed by atoms with van der Waals surface area (Å²) in [5, 5.41) is -1.20. The van der Waals surface area contributed by atoms with Crippen LogP contribution in [0.4, 0.5) is 14.6 Å². The first kappa shape index (κ1) is 11.1. The highest BCUT2D eigenvalue weighted by Crippen LogP contribution is 2.30. The van der Waals surface area contributed by atoms with Crippen LogP contribution in [0.3, 0.4) is 0 Å². The van der Waals surface area contributed by atoms with Crippen LogP contribution in [0.15, 0.2) is 6.07 Å².